The molecule has 1 N–H and O–H groups in total. The van der Waals surface area contributed by atoms with Gasteiger partial charge in [0.1, 0.15) is 11.5 Å². The summed E-state index contributed by atoms with van der Waals surface area (Å²) >= 11 is 0. The molecule has 8 nitrogen and oxygen atoms in total. The summed E-state index contributed by atoms with van der Waals surface area (Å²) in [6.45, 7) is -0.479. The van der Waals surface area contributed by atoms with Crippen LogP contribution >= 0.6 is 0 Å². The molecule has 0 aliphatic rings. The molecule has 2 rings (SSSR count). The van der Waals surface area contributed by atoms with Crippen LogP contribution in [0.2, 0.25) is 0 Å². The SMILES string of the molecule is COC(=O)c1ccc(C(=O)OCC(=O)Nc2ccc(OC)cc2OC)cc1. The van der Waals surface area contributed by atoms with E-state index in [9.17, 15) is 14.4 Å². The molecule has 0 unspecified atom stereocenters. The smallest absolute Gasteiger partial charge is 0.338 e. The predicted octanol–water partition coefficient (Wildman–Crippen LogP) is 2.29. The minimum atomic E-state index is -0.691. The highest BCUT2D eigenvalue weighted by Gasteiger charge is 2.14. The molecule has 0 aromatic heterocycles. The molecule has 0 aliphatic heterocycles. The molecule has 0 atom stereocenters. The normalized spacial score (nSPS) is 9.89. The van der Waals surface area contributed by atoms with Crippen molar-refractivity contribution in [2.24, 2.45) is 0 Å². The Labute approximate surface area is 156 Å². The van der Waals surface area contributed by atoms with Crippen LogP contribution in [-0.4, -0.2) is 45.8 Å². The number of anilines is 1. The highest BCUT2D eigenvalue weighted by atomic mass is 16.5. The number of esters is 2. The van der Waals surface area contributed by atoms with Gasteiger partial charge in [0, 0.05) is 6.07 Å². The lowest BCUT2D eigenvalue weighted by atomic mass is 10.1. The molecule has 0 aliphatic carbocycles. The van der Waals surface area contributed by atoms with Gasteiger partial charge in [0.15, 0.2) is 6.61 Å². The van der Waals surface area contributed by atoms with Crippen molar-refractivity contribution in [1.29, 1.82) is 0 Å². The van der Waals surface area contributed by atoms with Crippen molar-refractivity contribution >= 4 is 23.5 Å². The average Bonchev–Trinajstić information content (AvgIpc) is 2.71. The lowest BCUT2D eigenvalue weighted by Gasteiger charge is -2.12. The maximum absolute atomic E-state index is 12.0. The number of hydrogen-bond acceptors (Lipinski definition) is 7. The fourth-order valence-electron chi connectivity index (χ4n) is 2.16. The van der Waals surface area contributed by atoms with E-state index in [1.807, 2.05) is 0 Å². The van der Waals surface area contributed by atoms with Crippen molar-refractivity contribution in [1.82, 2.24) is 0 Å². The molecule has 1 amide bonds. The van der Waals surface area contributed by atoms with Crippen LogP contribution in [0.15, 0.2) is 42.5 Å². The Morgan fingerprint density at radius 2 is 1.48 bits per heavy atom. The van der Waals surface area contributed by atoms with Gasteiger partial charge in [-0.2, -0.15) is 0 Å². The maximum atomic E-state index is 12.0. The largest absolute Gasteiger partial charge is 0.497 e. The molecule has 0 bridgehead atoms. The van der Waals surface area contributed by atoms with Crippen LogP contribution in [0.3, 0.4) is 0 Å². The first-order chi connectivity index (χ1) is 13.0. The van der Waals surface area contributed by atoms with E-state index in [2.05, 4.69) is 10.1 Å². The summed E-state index contributed by atoms with van der Waals surface area (Å²) in [4.78, 5) is 35.4. The van der Waals surface area contributed by atoms with Gasteiger partial charge in [0.05, 0.1) is 38.1 Å². The first-order valence-corrected chi connectivity index (χ1v) is 7.86. The summed E-state index contributed by atoms with van der Waals surface area (Å²) in [5, 5.41) is 2.59. The summed E-state index contributed by atoms with van der Waals surface area (Å²) in [6, 6.07) is 10.6. The number of rotatable bonds is 7. The zero-order valence-electron chi connectivity index (χ0n) is 15.1. The molecule has 0 fully saturated rings. The van der Waals surface area contributed by atoms with E-state index in [0.29, 0.717) is 22.7 Å². The Hall–Kier alpha value is -3.55. The second kappa shape index (κ2) is 9.23. The minimum absolute atomic E-state index is 0.206. The van der Waals surface area contributed by atoms with Crippen LogP contribution in [0.25, 0.3) is 0 Å². The quantitative estimate of drug-likeness (QED) is 0.743. The number of methoxy groups -OCH3 is 3. The number of carbonyl (C=O) groups excluding carboxylic acids is 3. The van der Waals surface area contributed by atoms with E-state index in [-0.39, 0.29) is 5.56 Å². The topological polar surface area (TPSA) is 100 Å². The number of amides is 1. The molecule has 142 valence electrons. The van der Waals surface area contributed by atoms with Crippen LogP contribution in [-0.2, 0) is 14.3 Å². The molecular formula is C19H19NO7. The first kappa shape index (κ1) is 19.8. The van der Waals surface area contributed by atoms with Gasteiger partial charge in [0.25, 0.3) is 5.91 Å². The minimum Gasteiger partial charge on any atom is -0.497 e. The highest BCUT2D eigenvalue weighted by molar-refractivity contribution is 5.97. The average molecular weight is 373 g/mol. The fraction of sp³-hybridized carbons (Fsp3) is 0.211. The summed E-state index contributed by atoms with van der Waals surface area (Å²) in [5.41, 5.74) is 0.928. The van der Waals surface area contributed by atoms with Crippen LogP contribution in [0.5, 0.6) is 11.5 Å². The van der Waals surface area contributed by atoms with Crippen LogP contribution < -0.4 is 14.8 Å². The Morgan fingerprint density at radius 1 is 0.852 bits per heavy atom. The maximum Gasteiger partial charge on any atom is 0.338 e. The fourth-order valence-corrected chi connectivity index (χ4v) is 2.16. The molecule has 0 heterocycles. The van der Waals surface area contributed by atoms with Crippen molar-refractivity contribution in [3.05, 3.63) is 53.6 Å². The Morgan fingerprint density at radius 3 is 2.04 bits per heavy atom. The van der Waals surface area contributed by atoms with Crippen molar-refractivity contribution in [2.45, 2.75) is 0 Å². The first-order valence-electron chi connectivity index (χ1n) is 7.86. The van der Waals surface area contributed by atoms with Gasteiger partial charge in [-0.1, -0.05) is 0 Å². The van der Waals surface area contributed by atoms with Gasteiger partial charge in [0.2, 0.25) is 0 Å². The van der Waals surface area contributed by atoms with Crippen molar-refractivity contribution in [2.75, 3.05) is 33.3 Å². The van der Waals surface area contributed by atoms with Crippen LogP contribution in [0.4, 0.5) is 5.69 Å². The van der Waals surface area contributed by atoms with Gasteiger partial charge in [-0.25, -0.2) is 9.59 Å². The van der Waals surface area contributed by atoms with Crippen LogP contribution in [0.1, 0.15) is 20.7 Å². The molecule has 0 radical (unpaired) electrons. The second-order valence-corrected chi connectivity index (χ2v) is 5.26. The van der Waals surface area contributed by atoms with Gasteiger partial charge in [-0.3, -0.25) is 4.79 Å². The van der Waals surface area contributed by atoms with E-state index in [1.165, 1.54) is 45.6 Å². The molecule has 0 saturated heterocycles. The standard InChI is InChI=1S/C19H19NO7/c1-24-14-8-9-15(16(10-14)25-2)20-17(21)11-27-19(23)13-6-4-12(5-7-13)18(22)26-3/h4-10H,11H2,1-3H3,(H,20,21). The van der Waals surface area contributed by atoms with Gasteiger partial charge >= 0.3 is 11.9 Å². The Bertz CT molecular complexity index is 830. The molecule has 0 saturated carbocycles. The Kier molecular flexibility index (Phi) is 6.76. The zero-order chi connectivity index (χ0) is 19.8. The molecular weight excluding hydrogens is 354 g/mol. The number of nitrogens with one attached hydrogen (secondary N) is 1. The summed E-state index contributed by atoms with van der Waals surface area (Å²) in [5.74, 6) is -0.747. The third-order valence-electron chi connectivity index (χ3n) is 3.56. The molecule has 2 aromatic rings. The third-order valence-corrected chi connectivity index (χ3v) is 3.56. The van der Waals surface area contributed by atoms with E-state index in [1.54, 1.807) is 18.2 Å². The van der Waals surface area contributed by atoms with Gasteiger partial charge in [-0.15, -0.1) is 0 Å². The van der Waals surface area contributed by atoms with E-state index >= 15 is 0 Å². The zero-order valence-corrected chi connectivity index (χ0v) is 15.1. The van der Waals surface area contributed by atoms with Crippen molar-refractivity contribution < 1.29 is 33.3 Å². The summed E-state index contributed by atoms with van der Waals surface area (Å²) < 4.78 is 19.8. The van der Waals surface area contributed by atoms with Gasteiger partial charge in [-0.05, 0) is 36.4 Å². The summed E-state index contributed by atoms with van der Waals surface area (Å²) in [6.07, 6.45) is 0. The van der Waals surface area contributed by atoms with E-state index in [0.717, 1.165) is 0 Å². The number of hydrogen-bond donors (Lipinski definition) is 1. The summed E-state index contributed by atoms with van der Waals surface area (Å²) in [7, 11) is 4.24. The van der Waals surface area contributed by atoms with E-state index < -0.39 is 24.5 Å². The monoisotopic (exact) mass is 373 g/mol. The molecule has 2 aromatic carbocycles. The number of ether oxygens (including phenoxy) is 4. The van der Waals surface area contributed by atoms with Crippen molar-refractivity contribution in [3.8, 4) is 11.5 Å². The lowest BCUT2D eigenvalue weighted by Crippen LogP contribution is -2.21. The number of benzene rings is 2. The van der Waals surface area contributed by atoms with Gasteiger partial charge < -0.3 is 24.3 Å². The highest BCUT2D eigenvalue weighted by Crippen LogP contribution is 2.28. The van der Waals surface area contributed by atoms with Crippen molar-refractivity contribution in [3.63, 3.8) is 0 Å². The lowest BCUT2D eigenvalue weighted by molar-refractivity contribution is -0.119. The number of carbonyl (C=O) groups is 3. The molecule has 27 heavy (non-hydrogen) atoms. The molecule has 8 heteroatoms. The second-order valence-electron chi connectivity index (χ2n) is 5.26. The van der Waals surface area contributed by atoms with Crippen LogP contribution in [0, 0.1) is 0 Å². The van der Waals surface area contributed by atoms with E-state index in [4.69, 9.17) is 14.2 Å². The predicted molar refractivity (Wildman–Crippen MR) is 96.2 cm³/mol. The Balaban J connectivity index is 1.93. The molecule has 0 spiro atoms. The third kappa shape index (κ3) is 5.21.